The number of esters is 1. The number of rotatable bonds is 42. The SMILES string of the molecule is CC/C=C\C/C=C\C/C=C\C/C=C\CCCCCCCCCCCCCOCC(COC1OC(CO)C(O)C(O)C1O)OC(=O)CCCCCCCCCCCCCCC. The van der Waals surface area contributed by atoms with Crippen molar-refractivity contribution < 1.29 is 44.2 Å². The van der Waals surface area contributed by atoms with E-state index in [0.717, 1.165) is 57.8 Å². The Morgan fingerprint density at radius 3 is 1.53 bits per heavy atom. The first-order valence-electron chi connectivity index (χ1n) is 24.7. The molecule has 1 saturated heterocycles. The number of carbonyl (C=O) groups is 1. The fourth-order valence-corrected chi connectivity index (χ4v) is 7.43. The molecule has 0 spiro atoms. The van der Waals surface area contributed by atoms with Gasteiger partial charge in [0, 0.05) is 13.0 Å². The zero-order chi connectivity index (χ0) is 43.6. The zero-order valence-electron chi connectivity index (χ0n) is 38.5. The van der Waals surface area contributed by atoms with Crippen LogP contribution in [0.4, 0.5) is 0 Å². The van der Waals surface area contributed by atoms with E-state index in [1.165, 1.54) is 128 Å². The third-order valence-corrected chi connectivity index (χ3v) is 11.3. The Bertz CT molecular complexity index is 1060. The molecule has 6 unspecified atom stereocenters. The zero-order valence-corrected chi connectivity index (χ0v) is 38.5. The smallest absolute Gasteiger partial charge is 0.306 e. The van der Waals surface area contributed by atoms with Gasteiger partial charge in [-0.3, -0.25) is 4.79 Å². The summed E-state index contributed by atoms with van der Waals surface area (Å²) in [5.74, 6) is -0.314. The first kappa shape index (κ1) is 56.2. The molecule has 9 nitrogen and oxygen atoms in total. The number of unbranched alkanes of at least 4 members (excludes halogenated alkanes) is 23. The van der Waals surface area contributed by atoms with E-state index in [1.54, 1.807) is 0 Å². The Kier molecular flexibility index (Phi) is 39.7. The van der Waals surface area contributed by atoms with Crippen LogP contribution in [0.1, 0.15) is 206 Å². The molecule has 0 aromatic rings. The molecule has 9 heteroatoms. The predicted molar refractivity (Wildman–Crippen MR) is 247 cm³/mol. The van der Waals surface area contributed by atoms with Gasteiger partial charge in [-0.15, -0.1) is 0 Å². The summed E-state index contributed by atoms with van der Waals surface area (Å²) in [5.41, 5.74) is 0. The van der Waals surface area contributed by atoms with Crippen LogP contribution in [0.15, 0.2) is 48.6 Å². The van der Waals surface area contributed by atoms with E-state index >= 15 is 0 Å². The topological polar surface area (TPSA) is 135 Å². The monoisotopic (exact) mass is 849 g/mol. The van der Waals surface area contributed by atoms with Crippen molar-refractivity contribution in [2.24, 2.45) is 0 Å². The summed E-state index contributed by atoms with van der Waals surface area (Å²) in [6.45, 7) is 4.45. The molecule has 0 aliphatic carbocycles. The van der Waals surface area contributed by atoms with E-state index in [2.05, 4.69) is 62.5 Å². The number of allylic oxidation sites excluding steroid dienone is 8. The molecule has 0 bridgehead atoms. The van der Waals surface area contributed by atoms with Crippen LogP contribution < -0.4 is 0 Å². The summed E-state index contributed by atoms with van der Waals surface area (Å²) in [6.07, 6.45) is 45.7. The van der Waals surface area contributed by atoms with Crippen molar-refractivity contribution in [3.05, 3.63) is 48.6 Å². The molecule has 1 rings (SSSR count). The highest BCUT2D eigenvalue weighted by Gasteiger charge is 2.44. The molecule has 1 aliphatic heterocycles. The molecular formula is C51H92O9. The minimum Gasteiger partial charge on any atom is -0.457 e. The predicted octanol–water partition coefficient (Wildman–Crippen LogP) is 11.7. The third-order valence-electron chi connectivity index (χ3n) is 11.3. The number of aliphatic hydroxyl groups is 4. The molecule has 1 aliphatic rings. The molecule has 350 valence electrons. The van der Waals surface area contributed by atoms with Gasteiger partial charge in [-0.1, -0.05) is 197 Å². The molecule has 0 amide bonds. The first-order valence-corrected chi connectivity index (χ1v) is 24.7. The largest absolute Gasteiger partial charge is 0.457 e. The lowest BCUT2D eigenvalue weighted by Gasteiger charge is -2.39. The summed E-state index contributed by atoms with van der Waals surface area (Å²) in [6, 6.07) is 0. The van der Waals surface area contributed by atoms with Gasteiger partial charge in [-0.25, -0.2) is 0 Å². The van der Waals surface area contributed by atoms with Crippen molar-refractivity contribution in [2.75, 3.05) is 26.4 Å². The molecule has 0 saturated carbocycles. The van der Waals surface area contributed by atoms with Crippen LogP contribution in [0.5, 0.6) is 0 Å². The highest BCUT2D eigenvalue weighted by atomic mass is 16.7. The Morgan fingerprint density at radius 1 is 0.550 bits per heavy atom. The van der Waals surface area contributed by atoms with Crippen molar-refractivity contribution in [2.45, 2.75) is 243 Å². The summed E-state index contributed by atoms with van der Waals surface area (Å²) >= 11 is 0. The Balaban J connectivity index is 2.18. The second-order valence-electron chi connectivity index (χ2n) is 16.9. The van der Waals surface area contributed by atoms with Crippen molar-refractivity contribution in [1.82, 2.24) is 0 Å². The molecule has 0 radical (unpaired) electrons. The lowest BCUT2D eigenvalue weighted by molar-refractivity contribution is -0.305. The van der Waals surface area contributed by atoms with Gasteiger partial charge in [0.1, 0.15) is 30.5 Å². The van der Waals surface area contributed by atoms with E-state index in [0.29, 0.717) is 13.0 Å². The molecule has 4 N–H and O–H groups in total. The van der Waals surface area contributed by atoms with Gasteiger partial charge in [0.15, 0.2) is 6.29 Å². The van der Waals surface area contributed by atoms with Gasteiger partial charge in [-0.05, 0) is 51.4 Å². The highest BCUT2D eigenvalue weighted by Crippen LogP contribution is 2.23. The molecular weight excluding hydrogens is 757 g/mol. The summed E-state index contributed by atoms with van der Waals surface area (Å²) in [5, 5.41) is 40.2. The Morgan fingerprint density at radius 2 is 1.02 bits per heavy atom. The standard InChI is InChI=1S/C51H92O9/c1-3-5-7-9-11-13-15-17-18-19-20-21-22-23-24-25-26-27-29-31-33-35-37-39-41-57-43-45(44-58-51-50(56)49(55)48(54)46(42-52)60-51)59-47(53)40-38-36-34-32-30-28-16-14-12-10-8-6-4-2/h5,7,11,13,17-18,20-21,45-46,48-52,54-56H,3-4,6,8-10,12,14-16,19,22-44H2,1-2H3/b7-5-,13-11-,18-17-,21-20-. The average Bonchev–Trinajstić information content (AvgIpc) is 3.25. The van der Waals surface area contributed by atoms with E-state index < -0.39 is 43.4 Å². The lowest BCUT2D eigenvalue weighted by Crippen LogP contribution is -2.59. The third kappa shape index (κ3) is 32.8. The van der Waals surface area contributed by atoms with Gasteiger partial charge in [-0.2, -0.15) is 0 Å². The highest BCUT2D eigenvalue weighted by molar-refractivity contribution is 5.69. The van der Waals surface area contributed by atoms with Crippen LogP contribution in [-0.4, -0.2) is 89.6 Å². The van der Waals surface area contributed by atoms with E-state index in [9.17, 15) is 25.2 Å². The number of ether oxygens (including phenoxy) is 4. The van der Waals surface area contributed by atoms with Crippen LogP contribution in [-0.2, 0) is 23.7 Å². The Labute approximate surface area is 367 Å². The van der Waals surface area contributed by atoms with Crippen molar-refractivity contribution in [3.8, 4) is 0 Å². The molecule has 6 atom stereocenters. The quantitative estimate of drug-likeness (QED) is 0.0269. The summed E-state index contributed by atoms with van der Waals surface area (Å²) in [7, 11) is 0. The summed E-state index contributed by atoms with van der Waals surface area (Å²) < 4.78 is 22.9. The van der Waals surface area contributed by atoms with Crippen LogP contribution in [0, 0.1) is 0 Å². The molecule has 1 fully saturated rings. The van der Waals surface area contributed by atoms with E-state index in [1.807, 2.05) is 0 Å². The minimum atomic E-state index is -1.54. The van der Waals surface area contributed by atoms with Crippen LogP contribution in [0.25, 0.3) is 0 Å². The maximum atomic E-state index is 12.8. The molecule has 0 aromatic carbocycles. The minimum absolute atomic E-state index is 0.113. The summed E-state index contributed by atoms with van der Waals surface area (Å²) in [4.78, 5) is 12.8. The van der Waals surface area contributed by atoms with Crippen molar-refractivity contribution in [1.29, 1.82) is 0 Å². The number of aliphatic hydroxyl groups excluding tert-OH is 4. The number of hydrogen-bond acceptors (Lipinski definition) is 9. The fourth-order valence-electron chi connectivity index (χ4n) is 7.43. The maximum Gasteiger partial charge on any atom is 0.306 e. The molecule has 60 heavy (non-hydrogen) atoms. The van der Waals surface area contributed by atoms with Crippen LogP contribution >= 0.6 is 0 Å². The van der Waals surface area contributed by atoms with E-state index in [4.69, 9.17) is 18.9 Å². The van der Waals surface area contributed by atoms with Gasteiger partial charge in [0.05, 0.1) is 19.8 Å². The van der Waals surface area contributed by atoms with Gasteiger partial charge in [0.25, 0.3) is 0 Å². The van der Waals surface area contributed by atoms with Gasteiger partial charge in [0.2, 0.25) is 0 Å². The van der Waals surface area contributed by atoms with Crippen molar-refractivity contribution in [3.63, 3.8) is 0 Å². The van der Waals surface area contributed by atoms with Crippen LogP contribution in [0.3, 0.4) is 0 Å². The average molecular weight is 849 g/mol. The number of hydrogen-bond donors (Lipinski definition) is 4. The second-order valence-corrected chi connectivity index (χ2v) is 16.9. The fraction of sp³-hybridized carbons (Fsp3) is 0.824. The van der Waals surface area contributed by atoms with E-state index in [-0.39, 0.29) is 19.2 Å². The Hall–Kier alpha value is -1.85. The lowest BCUT2D eigenvalue weighted by atomic mass is 9.99. The van der Waals surface area contributed by atoms with Gasteiger partial charge < -0.3 is 39.4 Å². The van der Waals surface area contributed by atoms with Crippen LogP contribution in [0.2, 0.25) is 0 Å². The second kappa shape index (κ2) is 42.5. The number of carbonyl (C=O) groups excluding carboxylic acids is 1. The molecule has 1 heterocycles. The maximum absolute atomic E-state index is 12.8. The normalized spacial score (nSPS) is 20.4. The van der Waals surface area contributed by atoms with Crippen molar-refractivity contribution >= 4 is 5.97 Å². The molecule has 0 aromatic heterocycles. The first-order chi connectivity index (χ1) is 29.4. The van der Waals surface area contributed by atoms with Gasteiger partial charge >= 0.3 is 5.97 Å².